The molecular weight excluding hydrogens is 360 g/mol. The number of sulfonamides is 1. The van der Waals surface area contributed by atoms with Crippen LogP contribution >= 0.6 is 0 Å². The lowest BCUT2D eigenvalue weighted by Crippen LogP contribution is -2.51. The van der Waals surface area contributed by atoms with Crippen LogP contribution in [-0.4, -0.2) is 31.1 Å². The van der Waals surface area contributed by atoms with Gasteiger partial charge in [-0.2, -0.15) is 8.42 Å². The van der Waals surface area contributed by atoms with E-state index in [1.807, 2.05) is 5.43 Å². The number of hydrogen-bond donors (Lipinski definition) is 1. The SMILES string of the molecule is CC(C)OC(=O)N(NC(=O)Oc1ccccc1)S(=O)(=O)c1ccccc1. The largest absolute Gasteiger partial charge is 0.445 e. The van der Waals surface area contributed by atoms with E-state index in [4.69, 9.17) is 9.47 Å². The summed E-state index contributed by atoms with van der Waals surface area (Å²) in [7, 11) is -4.39. The highest BCUT2D eigenvalue weighted by molar-refractivity contribution is 7.89. The Morgan fingerprint density at radius 3 is 2.04 bits per heavy atom. The molecular formula is C17H18N2O6S. The molecule has 0 unspecified atom stereocenters. The lowest BCUT2D eigenvalue weighted by Gasteiger charge is -2.22. The second-order valence-electron chi connectivity index (χ2n) is 5.33. The molecule has 0 aliphatic heterocycles. The van der Waals surface area contributed by atoms with Gasteiger partial charge in [-0.25, -0.2) is 15.0 Å². The molecule has 0 aliphatic carbocycles. The van der Waals surface area contributed by atoms with Gasteiger partial charge in [0.15, 0.2) is 0 Å². The average molecular weight is 378 g/mol. The zero-order chi connectivity index (χ0) is 19.2. The summed E-state index contributed by atoms with van der Waals surface area (Å²) in [5, 5.41) is 0. The molecule has 0 atom stereocenters. The Kier molecular flexibility index (Phi) is 6.18. The first kappa shape index (κ1) is 19.3. The smallest absolute Gasteiger partial charge is 0.443 e. The van der Waals surface area contributed by atoms with Gasteiger partial charge in [0.1, 0.15) is 5.75 Å². The Bertz CT molecular complexity index is 853. The highest BCUT2D eigenvalue weighted by atomic mass is 32.2. The van der Waals surface area contributed by atoms with Gasteiger partial charge in [0, 0.05) is 0 Å². The lowest BCUT2D eigenvalue weighted by atomic mass is 10.3. The van der Waals surface area contributed by atoms with Crippen LogP contribution in [0, 0.1) is 0 Å². The monoisotopic (exact) mass is 378 g/mol. The summed E-state index contributed by atoms with van der Waals surface area (Å²) < 4.78 is 35.4. The molecule has 0 radical (unpaired) electrons. The van der Waals surface area contributed by atoms with Gasteiger partial charge in [0.05, 0.1) is 11.0 Å². The molecule has 0 fully saturated rings. The fourth-order valence-electron chi connectivity index (χ4n) is 1.85. The van der Waals surface area contributed by atoms with Gasteiger partial charge in [-0.3, -0.25) is 0 Å². The number of hydrogen-bond acceptors (Lipinski definition) is 6. The van der Waals surface area contributed by atoms with Crippen molar-refractivity contribution in [2.45, 2.75) is 24.8 Å². The minimum atomic E-state index is -4.39. The maximum atomic E-state index is 12.7. The van der Waals surface area contributed by atoms with Gasteiger partial charge in [-0.1, -0.05) is 36.4 Å². The molecule has 26 heavy (non-hydrogen) atoms. The summed E-state index contributed by atoms with van der Waals surface area (Å²) in [6, 6.07) is 15.2. The first-order valence-corrected chi connectivity index (χ1v) is 9.09. The molecule has 2 rings (SSSR count). The minimum absolute atomic E-state index is 0.119. The summed E-state index contributed by atoms with van der Waals surface area (Å²) in [6.07, 6.45) is -3.01. The van der Waals surface area contributed by atoms with Gasteiger partial charge in [-0.05, 0) is 38.1 Å². The van der Waals surface area contributed by atoms with Gasteiger partial charge >= 0.3 is 12.2 Å². The quantitative estimate of drug-likeness (QED) is 0.821. The van der Waals surface area contributed by atoms with Crippen LogP contribution in [0.3, 0.4) is 0 Å². The van der Waals surface area contributed by atoms with Crippen molar-refractivity contribution in [2.24, 2.45) is 0 Å². The van der Waals surface area contributed by atoms with E-state index >= 15 is 0 Å². The summed E-state index contributed by atoms with van der Waals surface area (Å²) in [5.41, 5.74) is 1.92. The van der Waals surface area contributed by atoms with Gasteiger partial charge < -0.3 is 9.47 Å². The second-order valence-corrected chi connectivity index (χ2v) is 7.12. The standard InChI is InChI=1S/C17H18N2O6S/c1-13(2)24-17(21)19(26(22,23)15-11-7-4-8-12-15)18-16(20)25-14-9-5-3-6-10-14/h3-13H,1-2H3,(H,18,20). The van der Waals surface area contributed by atoms with Crippen molar-refractivity contribution >= 4 is 22.2 Å². The van der Waals surface area contributed by atoms with Gasteiger partial charge in [0.25, 0.3) is 10.0 Å². The van der Waals surface area contributed by atoms with E-state index in [0.29, 0.717) is 0 Å². The number of benzene rings is 2. The van der Waals surface area contributed by atoms with E-state index in [0.717, 1.165) is 0 Å². The number of carbonyl (C=O) groups excluding carboxylic acids is 2. The van der Waals surface area contributed by atoms with E-state index in [1.165, 1.54) is 36.4 Å². The van der Waals surface area contributed by atoms with Crippen molar-refractivity contribution in [2.75, 3.05) is 0 Å². The highest BCUT2D eigenvalue weighted by Crippen LogP contribution is 2.16. The van der Waals surface area contributed by atoms with E-state index in [9.17, 15) is 18.0 Å². The van der Waals surface area contributed by atoms with Crippen LogP contribution in [0.2, 0.25) is 0 Å². The lowest BCUT2D eigenvalue weighted by molar-refractivity contribution is 0.0856. The van der Waals surface area contributed by atoms with Crippen LogP contribution in [0.5, 0.6) is 5.75 Å². The normalized spacial score (nSPS) is 10.9. The number of carbonyl (C=O) groups is 2. The van der Waals surface area contributed by atoms with Crippen LogP contribution in [-0.2, 0) is 14.8 Å². The fourth-order valence-corrected chi connectivity index (χ4v) is 3.00. The van der Waals surface area contributed by atoms with Crippen molar-refractivity contribution in [1.29, 1.82) is 0 Å². The third-order valence-electron chi connectivity index (χ3n) is 2.93. The Hall–Kier alpha value is -3.07. The molecule has 0 saturated carbocycles. The third kappa shape index (κ3) is 4.96. The Labute approximate surface area is 151 Å². The average Bonchev–Trinajstić information content (AvgIpc) is 2.60. The number of nitrogens with one attached hydrogen (secondary N) is 1. The maximum Gasteiger partial charge on any atom is 0.443 e. The van der Waals surface area contributed by atoms with Crippen LogP contribution in [0.4, 0.5) is 9.59 Å². The van der Waals surface area contributed by atoms with Crippen molar-refractivity contribution in [3.63, 3.8) is 0 Å². The second kappa shape index (κ2) is 8.34. The molecule has 0 spiro atoms. The van der Waals surface area contributed by atoms with E-state index < -0.39 is 28.3 Å². The Balaban J connectivity index is 2.26. The predicted octanol–water partition coefficient (Wildman–Crippen LogP) is 2.93. The molecule has 0 aromatic heterocycles. The van der Waals surface area contributed by atoms with E-state index in [1.54, 1.807) is 38.1 Å². The summed E-state index contributed by atoms with van der Waals surface area (Å²) in [4.78, 5) is 24.1. The van der Waals surface area contributed by atoms with Gasteiger partial charge in [-0.15, -0.1) is 4.41 Å². The minimum Gasteiger partial charge on any atom is -0.445 e. The molecule has 2 amide bonds. The zero-order valence-corrected chi connectivity index (χ0v) is 15.0. The number of nitrogens with zero attached hydrogens (tertiary/aromatic N) is 1. The number of amides is 2. The first-order chi connectivity index (χ1) is 12.3. The maximum absolute atomic E-state index is 12.7. The van der Waals surface area contributed by atoms with Crippen molar-refractivity contribution in [1.82, 2.24) is 9.84 Å². The molecule has 0 heterocycles. The molecule has 138 valence electrons. The zero-order valence-electron chi connectivity index (χ0n) is 14.2. The number of rotatable bonds is 4. The van der Waals surface area contributed by atoms with Crippen LogP contribution in [0.25, 0.3) is 0 Å². The number of hydrazine groups is 1. The molecule has 2 aromatic rings. The van der Waals surface area contributed by atoms with Crippen LogP contribution in [0.1, 0.15) is 13.8 Å². The molecule has 8 nitrogen and oxygen atoms in total. The summed E-state index contributed by atoms with van der Waals surface area (Å²) in [6.45, 7) is 3.10. The fraction of sp³-hybridized carbons (Fsp3) is 0.176. The highest BCUT2D eigenvalue weighted by Gasteiger charge is 2.33. The predicted molar refractivity (Wildman–Crippen MR) is 92.7 cm³/mol. The first-order valence-electron chi connectivity index (χ1n) is 7.65. The molecule has 1 N–H and O–H groups in total. The molecule has 0 saturated heterocycles. The van der Waals surface area contributed by atoms with E-state index in [-0.39, 0.29) is 15.1 Å². The van der Waals surface area contributed by atoms with Crippen molar-refractivity contribution in [3.8, 4) is 5.75 Å². The molecule has 0 bridgehead atoms. The topological polar surface area (TPSA) is 102 Å². The van der Waals surface area contributed by atoms with E-state index in [2.05, 4.69) is 0 Å². The Morgan fingerprint density at radius 1 is 0.962 bits per heavy atom. The molecule has 9 heteroatoms. The third-order valence-corrected chi connectivity index (χ3v) is 4.52. The summed E-state index contributed by atoms with van der Waals surface area (Å²) in [5.74, 6) is 0.180. The van der Waals surface area contributed by atoms with Crippen molar-refractivity contribution < 1.29 is 27.5 Å². The summed E-state index contributed by atoms with van der Waals surface area (Å²) >= 11 is 0. The Morgan fingerprint density at radius 2 is 1.50 bits per heavy atom. The molecule has 0 aliphatic rings. The number of para-hydroxylation sites is 1. The molecule has 2 aromatic carbocycles. The van der Waals surface area contributed by atoms with Crippen molar-refractivity contribution in [3.05, 3.63) is 60.7 Å². The van der Waals surface area contributed by atoms with Crippen LogP contribution < -0.4 is 10.2 Å². The number of ether oxygens (including phenoxy) is 2. The van der Waals surface area contributed by atoms with Gasteiger partial charge in [0.2, 0.25) is 0 Å². The van der Waals surface area contributed by atoms with Crippen LogP contribution in [0.15, 0.2) is 65.6 Å².